The Morgan fingerprint density at radius 2 is 1.83 bits per heavy atom. The van der Waals surface area contributed by atoms with Crippen molar-refractivity contribution >= 4 is 22.0 Å². The molecule has 1 aliphatic carbocycles. The zero-order chi connectivity index (χ0) is 20.4. The fourth-order valence-corrected chi connectivity index (χ4v) is 5.76. The predicted octanol–water partition coefficient (Wildman–Crippen LogP) is 4.91. The highest BCUT2D eigenvalue weighted by molar-refractivity contribution is 9.10. The van der Waals surface area contributed by atoms with Crippen molar-refractivity contribution in [3.63, 3.8) is 0 Å². The van der Waals surface area contributed by atoms with Crippen LogP contribution in [0.1, 0.15) is 50.5 Å². The molecule has 0 spiro atoms. The number of rotatable bonds is 5. The zero-order valence-electron chi connectivity index (χ0n) is 17.5. The molecular weight excluding hydrogens is 433 g/mol. The first-order valence-electron chi connectivity index (χ1n) is 11.2. The van der Waals surface area contributed by atoms with Gasteiger partial charge in [0.1, 0.15) is 5.82 Å². The lowest BCUT2D eigenvalue weighted by Crippen LogP contribution is -2.44. The van der Waals surface area contributed by atoms with Gasteiger partial charge in [-0.05, 0) is 74.9 Å². The zero-order valence-corrected chi connectivity index (χ0v) is 19.0. The average molecular weight is 466 g/mol. The molecule has 3 fully saturated rings. The number of carbonyl (C=O) groups excluding carboxylic acids is 1. The minimum atomic E-state index is -0.155. The minimum Gasteiger partial charge on any atom is -0.322 e. The molecule has 2 saturated heterocycles. The summed E-state index contributed by atoms with van der Waals surface area (Å²) in [5.74, 6) is 0.447. The van der Waals surface area contributed by atoms with E-state index in [-0.39, 0.29) is 11.8 Å². The van der Waals surface area contributed by atoms with Crippen molar-refractivity contribution in [1.82, 2.24) is 14.7 Å². The van der Waals surface area contributed by atoms with Gasteiger partial charge in [-0.15, -0.1) is 0 Å². The topological polar surface area (TPSA) is 26.8 Å². The molecule has 1 aromatic carbocycles. The Balaban J connectivity index is 1.27. The van der Waals surface area contributed by atoms with Gasteiger partial charge in [0, 0.05) is 30.7 Å². The molecule has 2 amide bonds. The van der Waals surface area contributed by atoms with E-state index in [4.69, 9.17) is 0 Å². The van der Waals surface area contributed by atoms with Gasteiger partial charge in [0.15, 0.2) is 0 Å². The fourth-order valence-electron chi connectivity index (χ4n) is 5.35. The molecule has 2 aliphatic heterocycles. The summed E-state index contributed by atoms with van der Waals surface area (Å²) in [4.78, 5) is 19.4. The molecule has 0 radical (unpaired) electrons. The molecule has 4 rings (SSSR count). The van der Waals surface area contributed by atoms with Crippen LogP contribution in [-0.2, 0) is 6.42 Å². The maximum absolute atomic E-state index is 13.6. The normalized spacial score (nSPS) is 25.2. The van der Waals surface area contributed by atoms with Gasteiger partial charge in [-0.3, -0.25) is 0 Å². The Kier molecular flexibility index (Phi) is 6.80. The van der Waals surface area contributed by atoms with Crippen LogP contribution in [0, 0.1) is 11.7 Å². The van der Waals surface area contributed by atoms with Gasteiger partial charge in [0.2, 0.25) is 0 Å². The van der Waals surface area contributed by atoms with Crippen LogP contribution >= 0.6 is 15.9 Å². The number of amides is 2. The monoisotopic (exact) mass is 465 g/mol. The molecule has 2 heterocycles. The third kappa shape index (κ3) is 4.96. The van der Waals surface area contributed by atoms with Gasteiger partial charge in [0.05, 0.1) is 6.04 Å². The van der Waals surface area contributed by atoms with Crippen LogP contribution in [-0.4, -0.2) is 66.0 Å². The first kappa shape index (κ1) is 21.1. The molecule has 6 heteroatoms. The van der Waals surface area contributed by atoms with Crippen LogP contribution < -0.4 is 0 Å². The van der Waals surface area contributed by atoms with Crippen molar-refractivity contribution in [2.75, 3.05) is 33.2 Å². The molecule has 1 atom stereocenters. The number of piperidine rings is 1. The minimum absolute atomic E-state index is 0.155. The second kappa shape index (κ2) is 9.34. The third-order valence-electron chi connectivity index (χ3n) is 7.21. The first-order chi connectivity index (χ1) is 14.0. The number of halogens is 2. The molecule has 1 saturated carbocycles. The molecule has 4 nitrogen and oxygen atoms in total. The average Bonchev–Trinajstić information content (AvgIpc) is 3.01. The van der Waals surface area contributed by atoms with Gasteiger partial charge >= 0.3 is 6.03 Å². The Labute approximate surface area is 182 Å². The van der Waals surface area contributed by atoms with Crippen LogP contribution in [0.15, 0.2) is 22.7 Å². The van der Waals surface area contributed by atoms with E-state index in [0.717, 1.165) is 55.5 Å². The summed E-state index contributed by atoms with van der Waals surface area (Å²) < 4.78 is 14.6. The second-order valence-electron chi connectivity index (χ2n) is 9.18. The second-order valence-corrected chi connectivity index (χ2v) is 10.0. The maximum Gasteiger partial charge on any atom is 0.320 e. The quantitative estimate of drug-likeness (QED) is 0.617. The number of carbonyl (C=O) groups is 1. The number of likely N-dealkylation sites (N-methyl/N-ethyl adjacent to an activating group) is 1. The molecule has 1 unspecified atom stereocenters. The predicted molar refractivity (Wildman–Crippen MR) is 117 cm³/mol. The lowest BCUT2D eigenvalue weighted by atomic mass is 9.90. The van der Waals surface area contributed by atoms with E-state index >= 15 is 0 Å². The highest BCUT2D eigenvalue weighted by atomic mass is 79.9. The molecular formula is C23H33BrFN3O. The van der Waals surface area contributed by atoms with E-state index in [1.165, 1.54) is 38.2 Å². The highest BCUT2D eigenvalue weighted by Crippen LogP contribution is 2.29. The van der Waals surface area contributed by atoms with Crippen LogP contribution in [0.25, 0.3) is 0 Å². The van der Waals surface area contributed by atoms with E-state index in [2.05, 4.69) is 25.7 Å². The number of likely N-dealkylation sites (tertiary alicyclic amines) is 1. The van der Waals surface area contributed by atoms with Crippen molar-refractivity contribution in [1.29, 1.82) is 0 Å². The SMILES string of the molecule is CN1C(=O)N(C2CCCCC2)CC1CN1CCC(Cc2cc(F)ccc2Br)CC1. The lowest BCUT2D eigenvalue weighted by molar-refractivity contribution is 0.149. The fraction of sp³-hybridized carbons (Fsp3) is 0.696. The van der Waals surface area contributed by atoms with Crippen LogP contribution in [0.4, 0.5) is 9.18 Å². The van der Waals surface area contributed by atoms with E-state index < -0.39 is 0 Å². The van der Waals surface area contributed by atoms with Crippen molar-refractivity contribution in [2.24, 2.45) is 5.92 Å². The van der Waals surface area contributed by atoms with Crippen LogP contribution in [0.5, 0.6) is 0 Å². The van der Waals surface area contributed by atoms with E-state index in [0.29, 0.717) is 18.0 Å². The summed E-state index contributed by atoms with van der Waals surface area (Å²) in [6.07, 6.45) is 9.40. The maximum atomic E-state index is 13.6. The van der Waals surface area contributed by atoms with E-state index in [9.17, 15) is 9.18 Å². The molecule has 29 heavy (non-hydrogen) atoms. The summed E-state index contributed by atoms with van der Waals surface area (Å²) in [5.41, 5.74) is 1.08. The Morgan fingerprint density at radius 1 is 1.10 bits per heavy atom. The number of urea groups is 1. The molecule has 0 aromatic heterocycles. The van der Waals surface area contributed by atoms with Crippen molar-refractivity contribution in [2.45, 2.75) is 63.5 Å². The highest BCUT2D eigenvalue weighted by Gasteiger charge is 2.39. The number of nitrogens with zero attached hydrogens (tertiary/aromatic N) is 3. The smallest absolute Gasteiger partial charge is 0.320 e. The molecule has 1 aromatic rings. The van der Waals surface area contributed by atoms with Crippen molar-refractivity contribution < 1.29 is 9.18 Å². The molecule has 0 N–H and O–H groups in total. The number of benzene rings is 1. The van der Waals surface area contributed by atoms with Gasteiger partial charge in [-0.1, -0.05) is 35.2 Å². The molecule has 3 aliphatic rings. The van der Waals surface area contributed by atoms with Crippen LogP contribution in [0.3, 0.4) is 0 Å². The largest absolute Gasteiger partial charge is 0.322 e. The van der Waals surface area contributed by atoms with Gasteiger partial charge in [-0.2, -0.15) is 0 Å². The van der Waals surface area contributed by atoms with Gasteiger partial charge in [0.25, 0.3) is 0 Å². The standard InChI is InChI=1S/C23H33BrFN3O/c1-26-21(16-28(23(26)29)20-5-3-2-4-6-20)15-27-11-9-17(10-12-27)13-18-14-19(25)7-8-22(18)24/h7-8,14,17,20-21H,2-6,9-13,15-16H2,1H3. The van der Waals surface area contributed by atoms with Crippen molar-refractivity contribution in [3.8, 4) is 0 Å². The van der Waals surface area contributed by atoms with E-state index in [1.807, 2.05) is 18.0 Å². The van der Waals surface area contributed by atoms with Gasteiger partial charge < -0.3 is 14.7 Å². The van der Waals surface area contributed by atoms with E-state index in [1.54, 1.807) is 6.07 Å². The third-order valence-corrected chi connectivity index (χ3v) is 7.98. The molecule has 0 bridgehead atoms. The Hall–Kier alpha value is -1.14. The summed E-state index contributed by atoms with van der Waals surface area (Å²) in [5, 5.41) is 0. The summed E-state index contributed by atoms with van der Waals surface area (Å²) in [6.45, 7) is 4.00. The summed E-state index contributed by atoms with van der Waals surface area (Å²) in [6, 6.07) is 5.97. The Bertz CT molecular complexity index is 716. The Morgan fingerprint density at radius 3 is 2.55 bits per heavy atom. The first-order valence-corrected chi connectivity index (χ1v) is 12.0. The number of hydrogen-bond acceptors (Lipinski definition) is 2. The summed E-state index contributed by atoms with van der Waals surface area (Å²) >= 11 is 3.56. The molecule has 160 valence electrons. The number of hydrogen-bond donors (Lipinski definition) is 0. The van der Waals surface area contributed by atoms with Crippen LogP contribution in [0.2, 0.25) is 0 Å². The van der Waals surface area contributed by atoms with Crippen molar-refractivity contribution in [3.05, 3.63) is 34.1 Å². The summed E-state index contributed by atoms with van der Waals surface area (Å²) in [7, 11) is 1.98. The van der Waals surface area contributed by atoms with Gasteiger partial charge in [-0.25, -0.2) is 9.18 Å². The lowest BCUT2D eigenvalue weighted by Gasteiger charge is -2.34.